The molecule has 71 valence electrons. The zero-order valence-electron chi connectivity index (χ0n) is 7.69. The van der Waals surface area contributed by atoms with Gasteiger partial charge < -0.3 is 0 Å². The quantitative estimate of drug-likeness (QED) is 0.540. The van der Waals surface area contributed by atoms with Gasteiger partial charge in [0.2, 0.25) is 0 Å². The Morgan fingerprint density at radius 1 is 1.50 bits per heavy atom. The summed E-state index contributed by atoms with van der Waals surface area (Å²) >= 11 is 0. The van der Waals surface area contributed by atoms with Crippen molar-refractivity contribution in [3.8, 4) is 0 Å². The molecule has 0 spiro atoms. The third-order valence-corrected chi connectivity index (χ3v) is 2.46. The van der Waals surface area contributed by atoms with Gasteiger partial charge in [-0.3, -0.25) is 10.1 Å². The van der Waals surface area contributed by atoms with Crippen molar-refractivity contribution in [2.45, 2.75) is 18.8 Å². The smallest absolute Gasteiger partial charge is 0.258 e. The van der Waals surface area contributed by atoms with Gasteiger partial charge in [-0.15, -0.1) is 0 Å². The lowest BCUT2D eigenvalue weighted by atomic mass is 10.0. The van der Waals surface area contributed by atoms with Crippen molar-refractivity contribution in [3.63, 3.8) is 0 Å². The minimum absolute atomic E-state index is 0.209. The van der Waals surface area contributed by atoms with Gasteiger partial charge in [0.25, 0.3) is 5.69 Å². The van der Waals surface area contributed by atoms with Gasteiger partial charge in [0.15, 0.2) is 0 Å². The summed E-state index contributed by atoms with van der Waals surface area (Å²) in [5.41, 5.74) is 1.80. The van der Waals surface area contributed by atoms with E-state index in [1.807, 2.05) is 6.07 Å². The molecule has 1 aromatic carbocycles. The van der Waals surface area contributed by atoms with Crippen molar-refractivity contribution < 1.29 is 4.92 Å². The lowest BCUT2D eigenvalue weighted by Crippen LogP contribution is -1.96. The predicted octanol–water partition coefficient (Wildman–Crippen LogP) is 2.81. The van der Waals surface area contributed by atoms with Crippen LogP contribution in [0.4, 0.5) is 5.69 Å². The molecule has 0 atom stereocenters. The van der Waals surface area contributed by atoms with E-state index in [2.05, 4.69) is 12.7 Å². The van der Waals surface area contributed by atoms with Crippen LogP contribution < -0.4 is 0 Å². The van der Waals surface area contributed by atoms with Crippen LogP contribution in [-0.2, 0) is 0 Å². The zero-order chi connectivity index (χ0) is 10.1. The summed E-state index contributed by atoms with van der Waals surface area (Å²) in [6.07, 6.45) is 4.84. The van der Waals surface area contributed by atoms with E-state index < -0.39 is 0 Å². The first-order chi connectivity index (χ1) is 6.74. The molecule has 1 aliphatic carbocycles. The molecule has 0 amide bonds. The molecule has 0 bridgehead atoms. The van der Waals surface area contributed by atoms with Gasteiger partial charge in [-0.25, -0.2) is 0 Å². The molecule has 0 saturated heterocycles. The summed E-state index contributed by atoms with van der Waals surface area (Å²) in [5, 5.41) is 10.8. The highest BCUT2D eigenvalue weighted by Gasteiger charge is 2.32. The van der Waals surface area contributed by atoms with Crippen molar-refractivity contribution >= 4 is 5.69 Å². The summed E-state index contributed by atoms with van der Waals surface area (Å²) in [7, 11) is 0. The van der Waals surface area contributed by atoms with E-state index in [1.165, 1.54) is 0 Å². The van der Waals surface area contributed by atoms with Crippen molar-refractivity contribution in [1.82, 2.24) is 0 Å². The highest BCUT2D eigenvalue weighted by Crippen LogP contribution is 2.45. The molecule has 1 radical (unpaired) electrons. The molecule has 0 N–H and O–H groups in total. The van der Waals surface area contributed by atoms with Crippen LogP contribution in [0.15, 0.2) is 24.8 Å². The van der Waals surface area contributed by atoms with Gasteiger partial charge >= 0.3 is 0 Å². The Morgan fingerprint density at radius 2 is 2.21 bits per heavy atom. The second-order valence-electron chi connectivity index (χ2n) is 3.45. The molecule has 1 aromatic rings. The van der Waals surface area contributed by atoms with E-state index in [-0.39, 0.29) is 10.6 Å². The lowest BCUT2D eigenvalue weighted by Gasteiger charge is -2.04. The first kappa shape index (κ1) is 8.94. The summed E-state index contributed by atoms with van der Waals surface area (Å²) in [5.74, 6) is 0.348. The maximum Gasteiger partial charge on any atom is 0.273 e. The number of nitro benzene ring substituents is 1. The molecule has 0 heterocycles. The number of nitro groups is 1. The number of rotatable bonds is 3. The SMILES string of the molecule is C=[C]c1cccc([N+](=O)[O-])c1C1CC1. The van der Waals surface area contributed by atoms with Crippen LogP contribution in [0.2, 0.25) is 0 Å². The molecule has 14 heavy (non-hydrogen) atoms. The highest BCUT2D eigenvalue weighted by atomic mass is 16.6. The highest BCUT2D eigenvalue weighted by molar-refractivity contribution is 5.51. The van der Waals surface area contributed by atoms with Gasteiger partial charge in [-0.1, -0.05) is 18.7 Å². The average molecular weight is 188 g/mol. The fourth-order valence-corrected chi connectivity index (χ4v) is 1.67. The van der Waals surface area contributed by atoms with Crippen molar-refractivity contribution in [2.75, 3.05) is 0 Å². The Labute approximate surface area is 82.2 Å². The number of benzene rings is 1. The van der Waals surface area contributed by atoms with Crippen LogP contribution in [0.3, 0.4) is 0 Å². The van der Waals surface area contributed by atoms with E-state index in [9.17, 15) is 10.1 Å². The Morgan fingerprint density at radius 3 is 2.71 bits per heavy atom. The monoisotopic (exact) mass is 188 g/mol. The minimum atomic E-state index is -0.325. The molecule has 1 fully saturated rings. The van der Waals surface area contributed by atoms with Crippen LogP contribution >= 0.6 is 0 Å². The van der Waals surface area contributed by atoms with Gasteiger partial charge in [-0.05, 0) is 30.4 Å². The van der Waals surface area contributed by atoms with E-state index >= 15 is 0 Å². The first-order valence-corrected chi connectivity index (χ1v) is 4.54. The van der Waals surface area contributed by atoms with Crippen molar-refractivity contribution in [3.05, 3.63) is 52.1 Å². The van der Waals surface area contributed by atoms with E-state index in [1.54, 1.807) is 12.1 Å². The maximum absolute atomic E-state index is 10.8. The zero-order valence-corrected chi connectivity index (χ0v) is 7.69. The Kier molecular flexibility index (Phi) is 2.08. The summed E-state index contributed by atoms with van der Waals surface area (Å²) in [4.78, 5) is 10.5. The van der Waals surface area contributed by atoms with Gasteiger partial charge in [-0.2, -0.15) is 0 Å². The second kappa shape index (κ2) is 3.25. The van der Waals surface area contributed by atoms with Crippen molar-refractivity contribution in [2.24, 2.45) is 0 Å². The molecule has 3 nitrogen and oxygen atoms in total. The third kappa shape index (κ3) is 1.41. The van der Waals surface area contributed by atoms with E-state index in [0.717, 1.165) is 24.0 Å². The van der Waals surface area contributed by atoms with Gasteiger partial charge in [0.05, 0.1) is 4.92 Å². The predicted molar refractivity (Wildman–Crippen MR) is 53.0 cm³/mol. The molecule has 0 aliphatic heterocycles. The molecule has 2 rings (SSSR count). The third-order valence-electron chi connectivity index (χ3n) is 2.46. The van der Waals surface area contributed by atoms with Crippen LogP contribution in [0.5, 0.6) is 0 Å². The Balaban J connectivity index is 2.57. The summed E-state index contributed by atoms with van der Waals surface area (Å²) < 4.78 is 0. The normalized spacial score (nSPS) is 15.1. The number of nitrogens with zero attached hydrogens (tertiary/aromatic N) is 1. The van der Waals surface area contributed by atoms with Gasteiger partial charge in [0.1, 0.15) is 0 Å². The summed E-state index contributed by atoms with van der Waals surface area (Å²) in [6, 6.07) is 5.06. The fraction of sp³-hybridized carbons (Fsp3) is 0.273. The van der Waals surface area contributed by atoms with Crippen LogP contribution in [0.1, 0.15) is 29.9 Å². The molecule has 1 aliphatic rings. The van der Waals surface area contributed by atoms with Crippen LogP contribution in [0.25, 0.3) is 0 Å². The minimum Gasteiger partial charge on any atom is -0.258 e. The van der Waals surface area contributed by atoms with Crippen LogP contribution in [0, 0.1) is 16.2 Å². The fourth-order valence-electron chi connectivity index (χ4n) is 1.67. The number of hydrogen-bond donors (Lipinski definition) is 0. The second-order valence-corrected chi connectivity index (χ2v) is 3.45. The standard InChI is InChI=1S/C11H10NO2/c1-2-8-4-3-5-10(12(13)14)11(8)9-6-7-9/h3-5,9H,1,6-7H2. The van der Waals surface area contributed by atoms with Crippen molar-refractivity contribution in [1.29, 1.82) is 0 Å². The van der Waals surface area contributed by atoms with E-state index in [0.29, 0.717) is 5.92 Å². The molecule has 0 unspecified atom stereocenters. The molecular formula is C11H10NO2. The topological polar surface area (TPSA) is 43.1 Å². The van der Waals surface area contributed by atoms with E-state index in [4.69, 9.17) is 0 Å². The maximum atomic E-state index is 10.8. The average Bonchev–Trinajstić information content (AvgIpc) is 2.99. The molecule has 1 saturated carbocycles. The molecule has 3 heteroatoms. The molecule has 0 aromatic heterocycles. The van der Waals surface area contributed by atoms with Gasteiger partial charge in [0, 0.05) is 11.6 Å². The summed E-state index contributed by atoms with van der Waals surface area (Å²) in [6.45, 7) is 3.55. The Bertz CT molecular complexity index is 394. The largest absolute Gasteiger partial charge is 0.273 e. The lowest BCUT2D eigenvalue weighted by molar-refractivity contribution is -0.385. The number of hydrogen-bond acceptors (Lipinski definition) is 2. The van der Waals surface area contributed by atoms with Crippen LogP contribution in [-0.4, -0.2) is 4.92 Å². The Hall–Kier alpha value is -1.64. The first-order valence-electron chi connectivity index (χ1n) is 4.54. The molecular weight excluding hydrogens is 178 g/mol.